The number of amides is 2. The summed E-state index contributed by atoms with van der Waals surface area (Å²) in [6, 6.07) is 23.2. The van der Waals surface area contributed by atoms with E-state index in [2.05, 4.69) is 134 Å². The average molecular weight is 790 g/mol. The largest absolute Gasteiger partial charge is 0.427 e. The molecule has 9 heteroatoms. The third kappa shape index (κ3) is 10.8. The van der Waals surface area contributed by atoms with Gasteiger partial charge < -0.3 is 20.3 Å². The van der Waals surface area contributed by atoms with Gasteiger partial charge >= 0.3 is 5.97 Å². The molecule has 0 aromatic heterocycles. The van der Waals surface area contributed by atoms with Gasteiger partial charge in [-0.2, -0.15) is 4.58 Å². The zero-order valence-electron chi connectivity index (χ0n) is 35.3. The Morgan fingerprint density at radius 1 is 0.776 bits per heavy atom. The predicted octanol–water partition coefficient (Wildman–Crippen LogP) is 9.87. The molecule has 5 rings (SSSR count). The minimum Gasteiger partial charge on any atom is -0.427 e. The van der Waals surface area contributed by atoms with E-state index in [0.29, 0.717) is 25.3 Å². The number of hydrogen-bond donors (Lipinski definition) is 2. The minimum absolute atomic E-state index is 0.0544. The molecule has 58 heavy (non-hydrogen) atoms. The molecule has 308 valence electrons. The number of esters is 1. The highest BCUT2D eigenvalue weighted by atomic mass is 19.1. The molecule has 0 saturated carbocycles. The lowest BCUT2D eigenvalue weighted by molar-refractivity contribution is -0.401. The number of halogens is 1. The molecule has 0 saturated heterocycles. The molecule has 8 nitrogen and oxygen atoms in total. The fourth-order valence-corrected chi connectivity index (χ4v) is 8.05. The van der Waals surface area contributed by atoms with Gasteiger partial charge in [0.15, 0.2) is 5.71 Å². The number of carbonyl (C=O) groups excluding carboxylic acids is 3. The maximum absolute atomic E-state index is 14.6. The molecule has 2 aliphatic heterocycles. The van der Waals surface area contributed by atoms with Gasteiger partial charge in [0.25, 0.3) is 5.91 Å². The Morgan fingerprint density at radius 2 is 1.43 bits per heavy atom. The summed E-state index contributed by atoms with van der Waals surface area (Å²) in [7, 11) is 2.14. The van der Waals surface area contributed by atoms with Gasteiger partial charge in [-0.25, -0.2) is 4.39 Å². The molecule has 1 atom stereocenters. The Labute approximate surface area is 345 Å². The molecular weight excluding hydrogens is 728 g/mol. The van der Waals surface area contributed by atoms with Crippen LogP contribution in [0.5, 0.6) is 5.75 Å². The number of anilines is 1. The summed E-state index contributed by atoms with van der Waals surface area (Å²) >= 11 is 0. The summed E-state index contributed by atoms with van der Waals surface area (Å²) in [5.41, 5.74) is 7.81. The first-order chi connectivity index (χ1) is 27.9. The Morgan fingerprint density at radius 3 is 2.14 bits per heavy atom. The van der Waals surface area contributed by atoms with Crippen molar-refractivity contribution in [1.82, 2.24) is 10.6 Å². The molecular formula is C49H62FN4O4+. The first-order valence-corrected chi connectivity index (χ1v) is 21.0. The monoisotopic (exact) mass is 789 g/mol. The highest BCUT2D eigenvalue weighted by Gasteiger charge is 2.42. The lowest BCUT2D eigenvalue weighted by Crippen LogP contribution is -2.28. The van der Waals surface area contributed by atoms with Gasteiger partial charge in [-0.1, -0.05) is 107 Å². The van der Waals surface area contributed by atoms with Gasteiger partial charge in [0.05, 0.1) is 5.41 Å². The van der Waals surface area contributed by atoms with E-state index in [9.17, 15) is 18.8 Å². The van der Waals surface area contributed by atoms with E-state index in [4.69, 9.17) is 4.74 Å². The highest BCUT2D eigenvalue weighted by Crippen LogP contribution is 2.47. The summed E-state index contributed by atoms with van der Waals surface area (Å²) in [4.78, 5) is 38.7. The van der Waals surface area contributed by atoms with E-state index >= 15 is 0 Å². The Kier molecular flexibility index (Phi) is 15.4. The first-order valence-electron chi connectivity index (χ1n) is 21.0. The van der Waals surface area contributed by atoms with Gasteiger partial charge in [0.2, 0.25) is 17.8 Å². The van der Waals surface area contributed by atoms with Gasteiger partial charge in [-0.05, 0) is 74.9 Å². The molecule has 1 unspecified atom stereocenters. The normalized spacial score (nSPS) is 16.5. The van der Waals surface area contributed by atoms with E-state index in [1.807, 2.05) is 0 Å². The zero-order valence-corrected chi connectivity index (χ0v) is 35.3. The van der Waals surface area contributed by atoms with Crippen molar-refractivity contribution in [2.45, 2.75) is 109 Å². The molecule has 3 aromatic rings. The highest BCUT2D eigenvalue weighted by molar-refractivity contribution is 6.03. The third-order valence-corrected chi connectivity index (χ3v) is 11.4. The molecule has 0 aliphatic carbocycles. The predicted molar refractivity (Wildman–Crippen MR) is 233 cm³/mol. The van der Waals surface area contributed by atoms with Crippen LogP contribution in [0, 0.1) is 0 Å². The molecule has 0 spiro atoms. The van der Waals surface area contributed by atoms with Crippen molar-refractivity contribution in [3.05, 3.63) is 126 Å². The zero-order chi connectivity index (χ0) is 41.7. The number of alkyl halides is 1. The molecule has 2 aliphatic rings. The Balaban J connectivity index is 0.980. The number of unbranched alkanes of at least 4 members (excludes halogenated alkanes) is 5. The molecule has 0 fully saturated rings. The van der Waals surface area contributed by atoms with Crippen molar-refractivity contribution >= 4 is 34.9 Å². The Bertz CT molecular complexity index is 2030. The molecule has 2 amide bonds. The van der Waals surface area contributed by atoms with Crippen molar-refractivity contribution in [1.29, 1.82) is 0 Å². The lowest BCUT2D eigenvalue weighted by Gasteiger charge is -2.27. The second-order valence-electron chi connectivity index (χ2n) is 16.3. The summed E-state index contributed by atoms with van der Waals surface area (Å²) in [6.07, 6.45) is 16.0. The summed E-state index contributed by atoms with van der Waals surface area (Å²) in [6.45, 7) is 12.8. The van der Waals surface area contributed by atoms with Crippen LogP contribution in [0.2, 0.25) is 0 Å². The van der Waals surface area contributed by atoms with Crippen LogP contribution in [0.1, 0.15) is 115 Å². The van der Waals surface area contributed by atoms with Crippen molar-refractivity contribution in [3.8, 4) is 5.75 Å². The van der Waals surface area contributed by atoms with Crippen LogP contribution in [0.25, 0.3) is 0 Å². The second-order valence-corrected chi connectivity index (χ2v) is 16.3. The van der Waals surface area contributed by atoms with Crippen LogP contribution in [0.3, 0.4) is 0 Å². The van der Waals surface area contributed by atoms with Crippen LogP contribution in [0.4, 0.5) is 15.8 Å². The SMILES string of the molecule is CCC(=O)Oc1ccc(C(F)C(=O)NCCCCCCNC(=O)CCCCCN2C(=CC=CC=CC3=[N+](C)c4ccccc4C3(C)C)C(C)(C)c3ccccc32)cc1. The van der Waals surface area contributed by atoms with Gasteiger partial charge in [0.1, 0.15) is 12.8 Å². The summed E-state index contributed by atoms with van der Waals surface area (Å²) in [5, 5.41) is 5.70. The summed E-state index contributed by atoms with van der Waals surface area (Å²) in [5.74, 6) is -0.656. The number of nitrogens with one attached hydrogen (secondary N) is 2. The van der Waals surface area contributed by atoms with Crippen LogP contribution in [-0.4, -0.2) is 54.8 Å². The second kappa shape index (κ2) is 20.4. The van der Waals surface area contributed by atoms with Crippen molar-refractivity contribution in [3.63, 3.8) is 0 Å². The number of fused-ring (bicyclic) bond motifs is 2. The Hall–Kier alpha value is -5.31. The average Bonchev–Trinajstić information content (AvgIpc) is 3.55. The maximum Gasteiger partial charge on any atom is 0.310 e. The number of para-hydroxylation sites is 2. The van der Waals surface area contributed by atoms with E-state index in [1.54, 1.807) is 6.92 Å². The fraction of sp³-hybridized carbons (Fsp3) is 0.429. The number of rotatable bonds is 20. The van der Waals surface area contributed by atoms with E-state index in [0.717, 1.165) is 51.5 Å². The molecule has 3 aromatic carbocycles. The molecule has 0 bridgehead atoms. The number of benzene rings is 3. The number of hydrogen-bond acceptors (Lipinski definition) is 5. The maximum atomic E-state index is 14.6. The van der Waals surface area contributed by atoms with E-state index < -0.39 is 12.1 Å². The van der Waals surface area contributed by atoms with Crippen molar-refractivity contribution in [2.75, 3.05) is 31.6 Å². The van der Waals surface area contributed by atoms with Crippen molar-refractivity contribution in [2.24, 2.45) is 0 Å². The number of carbonyl (C=O) groups is 3. The van der Waals surface area contributed by atoms with Gasteiger partial charge in [0, 0.05) is 67.0 Å². The molecule has 2 N–H and O–H groups in total. The van der Waals surface area contributed by atoms with Crippen LogP contribution >= 0.6 is 0 Å². The van der Waals surface area contributed by atoms with E-state index in [-0.39, 0.29) is 34.7 Å². The fourth-order valence-electron chi connectivity index (χ4n) is 8.05. The molecule has 0 radical (unpaired) electrons. The number of ether oxygens (including phenoxy) is 1. The lowest BCUT2D eigenvalue weighted by atomic mass is 9.81. The number of nitrogens with zero attached hydrogens (tertiary/aromatic N) is 2. The van der Waals surface area contributed by atoms with Gasteiger partial charge in [-0.3, -0.25) is 14.4 Å². The van der Waals surface area contributed by atoms with E-state index in [1.165, 1.54) is 58.2 Å². The standard InChI is InChI=1S/C49H61FN4O4/c1-7-45(56)58-37-31-29-36(30-32-37)46(50)47(57)52-34-20-9-8-19-33-51-44(55)28-14-11-21-35-54-41-25-18-16-23-39(41)49(4,5)43(54)27-13-10-12-26-42-48(2,3)38-22-15-17-24-40(38)53(42)6/h10,12-13,15-18,22-27,29-32,46H,7-9,11,14,19-21,28,33-35H2,1-6H3,(H-,51,52,55,57)/p+1. The minimum atomic E-state index is -1.79. The van der Waals surface area contributed by atoms with Crippen LogP contribution in [-0.2, 0) is 25.2 Å². The summed E-state index contributed by atoms with van der Waals surface area (Å²) < 4.78 is 22.0. The first kappa shape index (κ1) is 43.8. The quantitative estimate of drug-likeness (QED) is 0.0391. The smallest absolute Gasteiger partial charge is 0.310 e. The van der Waals surface area contributed by atoms with Crippen LogP contribution < -0.4 is 20.3 Å². The molecule has 2 heterocycles. The van der Waals surface area contributed by atoms with Crippen molar-refractivity contribution < 1.29 is 28.1 Å². The van der Waals surface area contributed by atoms with Crippen LogP contribution in [0.15, 0.2) is 109 Å². The van der Waals surface area contributed by atoms with Gasteiger partial charge in [-0.15, -0.1) is 0 Å². The number of allylic oxidation sites excluding steroid dienone is 6. The topological polar surface area (TPSA) is 90.8 Å². The third-order valence-electron chi connectivity index (χ3n) is 11.4.